The molecule has 5 atom stereocenters. The van der Waals surface area contributed by atoms with Crippen molar-refractivity contribution in [3.05, 3.63) is 0 Å². The third kappa shape index (κ3) is 0.944. The van der Waals surface area contributed by atoms with Crippen molar-refractivity contribution >= 4 is 17.9 Å². The fraction of sp³-hybridized carbons (Fsp3) is 0.667. The summed E-state index contributed by atoms with van der Waals surface area (Å²) in [4.78, 5) is 33.4. The van der Waals surface area contributed by atoms with Crippen LogP contribution in [0.5, 0.6) is 0 Å². The molecule has 6 nitrogen and oxygen atoms in total. The second-order valence-electron chi connectivity index (χ2n) is 4.11. The van der Waals surface area contributed by atoms with Gasteiger partial charge in [-0.2, -0.15) is 0 Å². The van der Waals surface area contributed by atoms with E-state index in [-0.39, 0.29) is 0 Å². The largest absolute Gasteiger partial charge is 0.481 e. The van der Waals surface area contributed by atoms with Gasteiger partial charge in [0.25, 0.3) is 0 Å². The number of cyclic esters (lactones) is 2. The first kappa shape index (κ1) is 8.84. The molecule has 0 aromatic carbocycles. The van der Waals surface area contributed by atoms with Crippen LogP contribution in [0.4, 0.5) is 0 Å². The Balaban J connectivity index is 1.95. The standard InChI is InChI=1S/C9H8O6/c10-7(11)2-1-3-4-5(6(2)14-3)9(13)15-8(4)12/h2-6H,1H2,(H,10,11). The first-order valence-corrected chi connectivity index (χ1v) is 4.73. The average Bonchev–Trinajstić information content (AvgIpc) is 2.77. The molecule has 3 aliphatic rings. The molecule has 3 saturated heterocycles. The van der Waals surface area contributed by atoms with Gasteiger partial charge in [-0.3, -0.25) is 14.4 Å². The van der Waals surface area contributed by atoms with E-state index in [1.165, 1.54) is 0 Å². The van der Waals surface area contributed by atoms with Gasteiger partial charge in [0.2, 0.25) is 0 Å². The number of carboxylic acids is 1. The maximum atomic E-state index is 11.3. The number of rotatable bonds is 1. The van der Waals surface area contributed by atoms with Gasteiger partial charge in [0.05, 0.1) is 24.0 Å². The van der Waals surface area contributed by atoms with Gasteiger partial charge in [-0.25, -0.2) is 0 Å². The quantitative estimate of drug-likeness (QED) is 0.451. The lowest BCUT2D eigenvalue weighted by Gasteiger charge is -2.20. The van der Waals surface area contributed by atoms with Crippen LogP contribution in [0.1, 0.15) is 6.42 Å². The number of esters is 2. The molecule has 80 valence electrons. The minimum Gasteiger partial charge on any atom is -0.481 e. The fourth-order valence-electron chi connectivity index (χ4n) is 2.79. The third-order valence-electron chi connectivity index (χ3n) is 3.42. The van der Waals surface area contributed by atoms with E-state index in [0.29, 0.717) is 6.42 Å². The van der Waals surface area contributed by atoms with Crippen molar-refractivity contribution < 1.29 is 29.0 Å². The van der Waals surface area contributed by atoms with Gasteiger partial charge in [0.15, 0.2) is 0 Å². The van der Waals surface area contributed by atoms with Crippen molar-refractivity contribution in [1.82, 2.24) is 0 Å². The SMILES string of the molecule is O=C(O)C1CC2OC1C1C(=O)OC(=O)C21. The van der Waals surface area contributed by atoms with Crippen LogP contribution >= 0.6 is 0 Å². The molecule has 5 unspecified atom stereocenters. The molecule has 1 N–H and O–H groups in total. The van der Waals surface area contributed by atoms with Crippen molar-refractivity contribution in [1.29, 1.82) is 0 Å². The monoisotopic (exact) mass is 212 g/mol. The van der Waals surface area contributed by atoms with E-state index >= 15 is 0 Å². The highest BCUT2D eigenvalue weighted by Gasteiger charge is 2.66. The summed E-state index contributed by atoms with van der Waals surface area (Å²) >= 11 is 0. The number of ether oxygens (including phenoxy) is 2. The van der Waals surface area contributed by atoms with E-state index in [1.54, 1.807) is 0 Å². The van der Waals surface area contributed by atoms with E-state index in [1.807, 2.05) is 0 Å². The van der Waals surface area contributed by atoms with Crippen LogP contribution in [0.2, 0.25) is 0 Å². The van der Waals surface area contributed by atoms with Crippen molar-refractivity contribution in [2.24, 2.45) is 17.8 Å². The highest BCUT2D eigenvalue weighted by Crippen LogP contribution is 2.50. The average molecular weight is 212 g/mol. The molecule has 0 aromatic heterocycles. The minimum absolute atomic E-state index is 0.295. The van der Waals surface area contributed by atoms with Crippen LogP contribution in [0.25, 0.3) is 0 Å². The molecular weight excluding hydrogens is 204 g/mol. The molecule has 15 heavy (non-hydrogen) atoms. The number of fused-ring (bicyclic) bond motifs is 5. The number of carbonyl (C=O) groups is 3. The molecule has 6 heteroatoms. The Morgan fingerprint density at radius 1 is 1.27 bits per heavy atom. The number of aliphatic carboxylic acids is 1. The highest BCUT2D eigenvalue weighted by atomic mass is 16.6. The van der Waals surface area contributed by atoms with Crippen LogP contribution in [-0.2, 0) is 23.9 Å². The number of hydrogen-bond donors (Lipinski definition) is 1. The van der Waals surface area contributed by atoms with Crippen LogP contribution in [0.3, 0.4) is 0 Å². The summed E-state index contributed by atoms with van der Waals surface area (Å²) in [6, 6.07) is 0. The maximum Gasteiger partial charge on any atom is 0.320 e. The summed E-state index contributed by atoms with van der Waals surface area (Å²) < 4.78 is 9.84. The lowest BCUT2D eigenvalue weighted by Crippen LogP contribution is -2.38. The van der Waals surface area contributed by atoms with Gasteiger partial charge in [-0.1, -0.05) is 0 Å². The zero-order chi connectivity index (χ0) is 10.7. The van der Waals surface area contributed by atoms with E-state index in [0.717, 1.165) is 0 Å². The zero-order valence-corrected chi connectivity index (χ0v) is 7.58. The Morgan fingerprint density at radius 3 is 2.60 bits per heavy atom. The minimum atomic E-state index is -0.979. The smallest absolute Gasteiger partial charge is 0.320 e. The number of hydrogen-bond acceptors (Lipinski definition) is 5. The molecule has 3 rings (SSSR count). The summed E-state index contributed by atoms with van der Waals surface area (Å²) in [6.07, 6.45) is -0.847. The molecule has 0 aliphatic carbocycles. The van der Waals surface area contributed by atoms with Gasteiger partial charge in [-0.05, 0) is 6.42 Å². The van der Waals surface area contributed by atoms with E-state index in [2.05, 4.69) is 4.74 Å². The number of carbonyl (C=O) groups excluding carboxylic acids is 2. The predicted molar refractivity (Wildman–Crippen MR) is 42.5 cm³/mol. The van der Waals surface area contributed by atoms with Crippen molar-refractivity contribution in [3.63, 3.8) is 0 Å². The molecular formula is C9H8O6. The molecule has 3 fully saturated rings. The zero-order valence-electron chi connectivity index (χ0n) is 7.58. The molecule has 3 aliphatic heterocycles. The lowest BCUT2D eigenvalue weighted by molar-refractivity contribution is -0.156. The molecule has 0 amide bonds. The van der Waals surface area contributed by atoms with Gasteiger partial charge < -0.3 is 14.6 Å². The Morgan fingerprint density at radius 2 is 1.93 bits per heavy atom. The fourth-order valence-corrected chi connectivity index (χ4v) is 2.79. The molecule has 0 radical (unpaired) electrons. The summed E-state index contributed by atoms with van der Waals surface area (Å²) in [5, 5.41) is 8.89. The Kier molecular flexibility index (Phi) is 1.52. The first-order chi connectivity index (χ1) is 7.09. The maximum absolute atomic E-state index is 11.3. The second kappa shape index (κ2) is 2.57. The summed E-state index contributed by atoms with van der Waals surface area (Å²) in [5.41, 5.74) is 0. The van der Waals surface area contributed by atoms with Crippen LogP contribution in [0, 0.1) is 17.8 Å². The third-order valence-corrected chi connectivity index (χ3v) is 3.42. The molecule has 3 heterocycles. The topological polar surface area (TPSA) is 89.9 Å². The summed E-state index contributed by atoms with van der Waals surface area (Å²) in [6.45, 7) is 0. The molecule has 0 spiro atoms. The Hall–Kier alpha value is -1.43. The van der Waals surface area contributed by atoms with E-state index < -0.39 is 47.9 Å². The van der Waals surface area contributed by atoms with Crippen molar-refractivity contribution in [2.75, 3.05) is 0 Å². The normalized spacial score (nSPS) is 46.8. The van der Waals surface area contributed by atoms with Gasteiger partial charge in [0.1, 0.15) is 5.92 Å². The molecule has 0 saturated carbocycles. The van der Waals surface area contributed by atoms with E-state index in [9.17, 15) is 14.4 Å². The Labute approximate surface area is 84.1 Å². The molecule has 2 bridgehead atoms. The van der Waals surface area contributed by atoms with Crippen LogP contribution in [-0.4, -0.2) is 35.2 Å². The second-order valence-corrected chi connectivity index (χ2v) is 4.11. The lowest BCUT2D eigenvalue weighted by atomic mass is 9.75. The molecule has 0 aromatic rings. The first-order valence-electron chi connectivity index (χ1n) is 4.73. The van der Waals surface area contributed by atoms with Crippen LogP contribution in [0.15, 0.2) is 0 Å². The van der Waals surface area contributed by atoms with Crippen molar-refractivity contribution in [3.8, 4) is 0 Å². The van der Waals surface area contributed by atoms with Gasteiger partial charge in [0, 0.05) is 0 Å². The van der Waals surface area contributed by atoms with Crippen molar-refractivity contribution in [2.45, 2.75) is 18.6 Å². The highest BCUT2D eigenvalue weighted by molar-refractivity contribution is 5.98. The Bertz CT molecular complexity index is 375. The number of carboxylic acid groups (broad SMARTS) is 1. The van der Waals surface area contributed by atoms with E-state index in [4.69, 9.17) is 9.84 Å². The summed E-state index contributed by atoms with van der Waals surface area (Å²) in [7, 11) is 0. The predicted octanol–water partition coefficient (Wildman–Crippen LogP) is -0.826. The van der Waals surface area contributed by atoms with Crippen LogP contribution < -0.4 is 0 Å². The summed E-state index contributed by atoms with van der Waals surface area (Å²) in [5.74, 6) is -4.14. The van der Waals surface area contributed by atoms with Gasteiger partial charge >= 0.3 is 17.9 Å². The van der Waals surface area contributed by atoms with Gasteiger partial charge in [-0.15, -0.1) is 0 Å².